The largest absolute Gasteiger partial charge is 0.394 e. The molecule has 1 spiro atoms. The minimum absolute atomic E-state index is 0.0286. The molecule has 2 bridgehead atoms. The molecule has 2 aromatic rings. The number of anilines is 1. The summed E-state index contributed by atoms with van der Waals surface area (Å²) in [7, 11) is 0. The smallest absolute Gasteiger partial charge is 0.248 e. The number of aliphatic hydroxyl groups is 1. The summed E-state index contributed by atoms with van der Waals surface area (Å²) >= 11 is 8.07. The third-order valence-electron chi connectivity index (χ3n) is 8.91. The molecule has 7 nitrogen and oxygen atoms in total. The van der Waals surface area contributed by atoms with E-state index in [9.17, 15) is 19.5 Å². The van der Waals surface area contributed by atoms with Crippen LogP contribution in [0.25, 0.3) is 0 Å². The molecule has 0 saturated carbocycles. The second-order valence-electron chi connectivity index (χ2n) is 11.1. The lowest BCUT2D eigenvalue weighted by Gasteiger charge is -2.39. The molecule has 2 unspecified atom stereocenters. The first kappa shape index (κ1) is 28.0. The highest BCUT2D eigenvalue weighted by Gasteiger charge is 2.74. The first-order valence-corrected chi connectivity index (χ1v) is 15.0. The van der Waals surface area contributed by atoms with Crippen molar-refractivity contribution in [3.8, 4) is 0 Å². The number of thioether (sulfide) groups is 1. The topological polar surface area (TPSA) is 98.7 Å². The Morgan fingerprint density at radius 1 is 1.18 bits per heavy atom. The molecular weight excluding hydrogens is 534 g/mol. The number of likely N-dealkylation sites (tertiary alicyclic amines) is 1. The van der Waals surface area contributed by atoms with Gasteiger partial charge < -0.3 is 20.6 Å². The number of carbonyl (C=O) groups is 3. The Labute approximate surface area is 239 Å². The van der Waals surface area contributed by atoms with Gasteiger partial charge >= 0.3 is 0 Å². The van der Waals surface area contributed by atoms with E-state index >= 15 is 0 Å². The average Bonchev–Trinajstić information content (AvgIpc) is 3.58. The second kappa shape index (κ2) is 11.1. The van der Waals surface area contributed by atoms with Gasteiger partial charge in [0.1, 0.15) is 6.04 Å². The van der Waals surface area contributed by atoms with E-state index < -0.39 is 28.7 Å². The molecule has 3 fully saturated rings. The van der Waals surface area contributed by atoms with E-state index in [4.69, 9.17) is 11.6 Å². The molecule has 2 aromatic carbocycles. The number of para-hydroxylation sites is 1. The van der Waals surface area contributed by atoms with E-state index in [-0.39, 0.29) is 35.5 Å². The molecule has 208 valence electrons. The summed E-state index contributed by atoms with van der Waals surface area (Å²) in [5.41, 5.74) is 2.33. The fourth-order valence-electron chi connectivity index (χ4n) is 6.75. The number of nitrogens with zero attached hydrogens (tertiary/aromatic N) is 1. The van der Waals surface area contributed by atoms with E-state index in [0.29, 0.717) is 23.7 Å². The van der Waals surface area contributed by atoms with Crippen LogP contribution in [0.15, 0.2) is 48.5 Å². The third kappa shape index (κ3) is 4.74. The molecular formula is C30H36ClN3O4S. The van der Waals surface area contributed by atoms with Gasteiger partial charge in [-0.3, -0.25) is 14.4 Å². The predicted molar refractivity (Wildman–Crippen MR) is 154 cm³/mol. The number of nitrogens with one attached hydrogen (secondary N) is 2. The van der Waals surface area contributed by atoms with Crippen LogP contribution in [-0.4, -0.2) is 56.4 Å². The predicted octanol–water partition coefficient (Wildman–Crippen LogP) is 4.40. The van der Waals surface area contributed by atoms with Crippen LogP contribution in [0.5, 0.6) is 0 Å². The molecule has 0 radical (unpaired) electrons. The maximum atomic E-state index is 14.3. The highest BCUT2D eigenvalue weighted by molar-refractivity contribution is 8.02. The number of halogens is 1. The molecule has 3 saturated heterocycles. The maximum absolute atomic E-state index is 14.3. The van der Waals surface area contributed by atoms with Crippen LogP contribution in [0, 0.1) is 24.7 Å². The summed E-state index contributed by atoms with van der Waals surface area (Å²) < 4.78 is -0.739. The van der Waals surface area contributed by atoms with E-state index in [1.807, 2.05) is 63.2 Å². The van der Waals surface area contributed by atoms with Crippen molar-refractivity contribution in [2.45, 2.75) is 68.7 Å². The minimum Gasteiger partial charge on any atom is -0.394 e. The number of aliphatic hydroxyl groups excluding tert-OH is 1. The lowest BCUT2D eigenvalue weighted by molar-refractivity contribution is -0.143. The molecule has 3 amide bonds. The number of benzene rings is 2. The second-order valence-corrected chi connectivity index (χ2v) is 13.1. The lowest BCUT2D eigenvalue weighted by Crippen LogP contribution is -2.56. The van der Waals surface area contributed by atoms with Crippen molar-refractivity contribution in [2.24, 2.45) is 17.8 Å². The van der Waals surface area contributed by atoms with Crippen LogP contribution in [-0.2, 0) is 20.9 Å². The van der Waals surface area contributed by atoms with Gasteiger partial charge in [-0.15, -0.1) is 11.8 Å². The number of rotatable bonds is 9. The average molecular weight is 570 g/mol. The van der Waals surface area contributed by atoms with Gasteiger partial charge in [0.05, 0.1) is 39.9 Å². The SMILES string of the molecule is CC[C@H](C)[C@H](CO)N1C(=O)[C@@H]2[C@H](C(=O)NCc3ccccc3)[C@@H]3CCC2(S3)C1C(=O)Nc1c(C)cccc1Cl. The minimum atomic E-state index is -0.821. The van der Waals surface area contributed by atoms with Crippen molar-refractivity contribution >= 4 is 46.8 Å². The molecule has 0 aromatic heterocycles. The molecule has 39 heavy (non-hydrogen) atoms. The zero-order valence-electron chi connectivity index (χ0n) is 22.5. The number of hydrogen-bond acceptors (Lipinski definition) is 5. The molecule has 7 atom stereocenters. The summed E-state index contributed by atoms with van der Waals surface area (Å²) in [6.45, 7) is 6.00. The molecule has 3 heterocycles. The number of fused-ring (bicyclic) bond motifs is 1. The van der Waals surface area contributed by atoms with Gasteiger partial charge in [-0.05, 0) is 42.9 Å². The summed E-state index contributed by atoms with van der Waals surface area (Å²) in [6, 6.07) is 13.8. The van der Waals surface area contributed by atoms with E-state index in [0.717, 1.165) is 24.0 Å². The van der Waals surface area contributed by atoms with Crippen molar-refractivity contribution in [2.75, 3.05) is 11.9 Å². The zero-order chi connectivity index (χ0) is 27.9. The highest BCUT2D eigenvalue weighted by Crippen LogP contribution is 2.66. The van der Waals surface area contributed by atoms with Crippen LogP contribution in [0.1, 0.15) is 44.2 Å². The van der Waals surface area contributed by atoms with Crippen LogP contribution in [0.3, 0.4) is 0 Å². The standard InChI is InChI=1S/C30H36ClN3O4S/c1-4-17(2)21(16-35)34-26(28(37)33-25-18(3)9-8-12-20(25)31)30-14-13-22(39-30)23(24(30)29(34)38)27(36)32-15-19-10-6-5-7-11-19/h5-12,17,21-24,26,35H,4,13-16H2,1-3H3,(H,32,36)(H,33,37)/t17-,21-,22-,23+,24-,26?,30?/m0/s1. The van der Waals surface area contributed by atoms with Gasteiger partial charge in [0.25, 0.3) is 0 Å². The third-order valence-corrected chi connectivity index (χ3v) is 11.2. The molecule has 3 aliphatic rings. The van der Waals surface area contributed by atoms with Crippen molar-refractivity contribution in [3.63, 3.8) is 0 Å². The number of amides is 3. The summed E-state index contributed by atoms with van der Waals surface area (Å²) in [5.74, 6) is -1.86. The van der Waals surface area contributed by atoms with E-state index in [1.165, 1.54) is 0 Å². The Bertz CT molecular complexity index is 1240. The van der Waals surface area contributed by atoms with Gasteiger partial charge in [-0.1, -0.05) is 74.3 Å². The van der Waals surface area contributed by atoms with Gasteiger partial charge in [-0.2, -0.15) is 0 Å². The summed E-state index contributed by atoms with van der Waals surface area (Å²) in [5, 5.41) is 16.9. The number of hydrogen-bond donors (Lipinski definition) is 3. The molecule has 3 N–H and O–H groups in total. The first-order chi connectivity index (χ1) is 18.7. The van der Waals surface area contributed by atoms with Crippen LogP contribution in [0.2, 0.25) is 5.02 Å². The molecule has 0 aliphatic carbocycles. The van der Waals surface area contributed by atoms with Crippen LogP contribution in [0.4, 0.5) is 5.69 Å². The monoisotopic (exact) mass is 569 g/mol. The summed E-state index contributed by atoms with van der Waals surface area (Å²) in [6.07, 6.45) is 2.16. The normalized spacial score (nSPS) is 28.7. The van der Waals surface area contributed by atoms with Crippen LogP contribution >= 0.6 is 23.4 Å². The van der Waals surface area contributed by atoms with Gasteiger partial charge in [0.15, 0.2) is 0 Å². The zero-order valence-corrected chi connectivity index (χ0v) is 24.1. The highest BCUT2D eigenvalue weighted by atomic mass is 35.5. The molecule has 9 heteroatoms. The van der Waals surface area contributed by atoms with Crippen molar-refractivity contribution in [1.29, 1.82) is 0 Å². The van der Waals surface area contributed by atoms with Crippen molar-refractivity contribution in [1.82, 2.24) is 10.2 Å². The van der Waals surface area contributed by atoms with E-state index in [1.54, 1.807) is 22.7 Å². The fourth-order valence-corrected chi connectivity index (χ4v) is 9.22. The summed E-state index contributed by atoms with van der Waals surface area (Å²) in [4.78, 5) is 43.7. The van der Waals surface area contributed by atoms with Crippen molar-refractivity contribution < 1.29 is 19.5 Å². The van der Waals surface area contributed by atoms with E-state index in [2.05, 4.69) is 10.6 Å². The number of aryl methyl sites for hydroxylation is 1. The quantitative estimate of drug-likeness (QED) is 0.416. The van der Waals surface area contributed by atoms with Gasteiger partial charge in [-0.25, -0.2) is 0 Å². The fraction of sp³-hybridized carbons (Fsp3) is 0.500. The first-order valence-electron chi connectivity index (χ1n) is 13.7. The van der Waals surface area contributed by atoms with Gasteiger partial charge in [0.2, 0.25) is 17.7 Å². The Hall–Kier alpha value is -2.55. The Kier molecular flexibility index (Phi) is 8.00. The molecule has 3 aliphatic heterocycles. The lowest BCUT2D eigenvalue weighted by atomic mass is 9.70. The van der Waals surface area contributed by atoms with Crippen molar-refractivity contribution in [3.05, 3.63) is 64.7 Å². The number of carbonyl (C=O) groups excluding carboxylic acids is 3. The maximum Gasteiger partial charge on any atom is 0.248 e. The Morgan fingerprint density at radius 2 is 1.92 bits per heavy atom. The Balaban J connectivity index is 1.50. The Morgan fingerprint density at radius 3 is 2.59 bits per heavy atom. The van der Waals surface area contributed by atoms with Gasteiger partial charge in [0, 0.05) is 11.8 Å². The van der Waals surface area contributed by atoms with Crippen LogP contribution < -0.4 is 10.6 Å². The molecule has 5 rings (SSSR count).